The molecule has 4 aliphatic rings. The van der Waals surface area contributed by atoms with Crippen LogP contribution in [0.3, 0.4) is 0 Å². The highest BCUT2D eigenvalue weighted by atomic mass is 79.9. The number of rotatable bonds is 4. The summed E-state index contributed by atoms with van der Waals surface area (Å²) in [6.07, 6.45) is 2.21. The molecule has 0 N–H and O–H groups in total. The van der Waals surface area contributed by atoms with Crippen LogP contribution in [0.1, 0.15) is 17.5 Å². The fourth-order valence-corrected chi connectivity index (χ4v) is 7.32. The summed E-state index contributed by atoms with van der Waals surface area (Å²) in [6, 6.07) is 24.8. The van der Waals surface area contributed by atoms with E-state index in [9.17, 15) is 5.26 Å². The monoisotopic (exact) mass is 573 g/mol. The molecule has 0 bridgehead atoms. The maximum absolute atomic E-state index is 10.1. The second-order valence-corrected chi connectivity index (χ2v) is 10.2. The van der Waals surface area contributed by atoms with Crippen molar-refractivity contribution in [2.75, 3.05) is 45.8 Å². The summed E-state index contributed by atoms with van der Waals surface area (Å²) in [5.74, 6) is 0. The number of piperazine rings is 2. The van der Waals surface area contributed by atoms with Crippen LogP contribution in [0.15, 0.2) is 60.7 Å². The van der Waals surface area contributed by atoms with Crippen LogP contribution >= 0.6 is 0 Å². The van der Waals surface area contributed by atoms with Crippen LogP contribution in [-0.2, 0) is 13.1 Å². The summed E-state index contributed by atoms with van der Waals surface area (Å²) < 4.78 is 2.25. The van der Waals surface area contributed by atoms with Crippen molar-refractivity contribution in [2.45, 2.75) is 37.9 Å². The van der Waals surface area contributed by atoms with Crippen molar-refractivity contribution < 1.29 is 42.9 Å². The number of nitriles is 1. The van der Waals surface area contributed by atoms with E-state index >= 15 is 0 Å². The van der Waals surface area contributed by atoms with Crippen LogP contribution in [0.4, 0.5) is 0 Å². The Morgan fingerprint density at radius 1 is 0.758 bits per heavy atom. The molecule has 0 spiro atoms. The molecule has 0 aliphatic carbocycles. The van der Waals surface area contributed by atoms with Gasteiger partial charge in [-0.3, -0.25) is 8.97 Å². The minimum absolute atomic E-state index is 0. The second kappa shape index (κ2) is 9.77. The summed E-state index contributed by atoms with van der Waals surface area (Å²) in [4.78, 5) is 5.40. The zero-order chi connectivity index (χ0) is 20.9. The van der Waals surface area contributed by atoms with Gasteiger partial charge in [-0.2, -0.15) is 5.26 Å². The van der Waals surface area contributed by atoms with Gasteiger partial charge in [0.1, 0.15) is 19.6 Å². The average molecular weight is 575 g/mol. The molecular formula is C26H33Br2N5. The molecule has 0 saturated carbocycles. The molecule has 6 rings (SSSR count). The Morgan fingerprint density at radius 2 is 1.36 bits per heavy atom. The Labute approximate surface area is 218 Å². The number of nitrogens with zero attached hydrogens (tertiary/aromatic N) is 5. The number of hydrogen-bond donors (Lipinski definition) is 0. The van der Waals surface area contributed by atoms with E-state index in [1.165, 1.54) is 35.1 Å². The quantitative estimate of drug-likeness (QED) is 0.357. The maximum atomic E-state index is 10.1. The van der Waals surface area contributed by atoms with E-state index in [-0.39, 0.29) is 40.0 Å². The first kappa shape index (κ1) is 24.8. The molecule has 0 aromatic heterocycles. The summed E-state index contributed by atoms with van der Waals surface area (Å²) in [7, 11) is 0. The lowest BCUT2D eigenvalue weighted by Gasteiger charge is -2.62. The van der Waals surface area contributed by atoms with Gasteiger partial charge in [-0.1, -0.05) is 60.7 Å². The number of quaternary nitrogens is 2. The third-order valence-corrected chi connectivity index (χ3v) is 8.55. The van der Waals surface area contributed by atoms with Crippen LogP contribution in [0.2, 0.25) is 0 Å². The van der Waals surface area contributed by atoms with Crippen LogP contribution in [0.5, 0.6) is 0 Å². The molecule has 0 amide bonds. The zero-order valence-electron chi connectivity index (χ0n) is 19.1. The van der Waals surface area contributed by atoms with Gasteiger partial charge in [0.15, 0.2) is 6.04 Å². The lowest BCUT2D eigenvalue weighted by molar-refractivity contribution is -1.05. The average Bonchev–Trinajstić information content (AvgIpc) is 3.14. The van der Waals surface area contributed by atoms with Gasteiger partial charge in [-0.15, -0.1) is 0 Å². The molecule has 4 heterocycles. The molecule has 2 unspecified atom stereocenters. The van der Waals surface area contributed by atoms with Crippen molar-refractivity contribution in [3.05, 3.63) is 71.8 Å². The first-order chi connectivity index (χ1) is 15.2. The van der Waals surface area contributed by atoms with E-state index in [1.807, 2.05) is 0 Å². The SMILES string of the molecule is N#C[C@H]1C[N+]2(Cc3ccccc3)CCN3CCC[N+]4(Cc5ccccc5)CCN1[C@H]2[C@H]34.[Br-].[Br-]. The molecule has 5 atom stereocenters. The summed E-state index contributed by atoms with van der Waals surface area (Å²) >= 11 is 0. The molecule has 4 saturated heterocycles. The van der Waals surface area contributed by atoms with E-state index in [2.05, 4.69) is 76.5 Å². The van der Waals surface area contributed by atoms with Gasteiger partial charge in [-0.25, -0.2) is 9.80 Å². The van der Waals surface area contributed by atoms with Crippen LogP contribution < -0.4 is 34.0 Å². The molecule has 2 aromatic carbocycles. The number of halogens is 2. The summed E-state index contributed by atoms with van der Waals surface area (Å²) in [5.41, 5.74) is 2.87. The van der Waals surface area contributed by atoms with Crippen molar-refractivity contribution in [3.63, 3.8) is 0 Å². The fraction of sp³-hybridized carbons (Fsp3) is 0.500. The third-order valence-electron chi connectivity index (χ3n) is 8.55. The number of benzene rings is 2. The van der Waals surface area contributed by atoms with Gasteiger partial charge in [-0.05, 0) is 0 Å². The molecule has 5 nitrogen and oxygen atoms in total. The van der Waals surface area contributed by atoms with E-state index in [0.717, 1.165) is 50.3 Å². The minimum atomic E-state index is 0. The van der Waals surface area contributed by atoms with E-state index < -0.39 is 0 Å². The van der Waals surface area contributed by atoms with Gasteiger partial charge in [0.2, 0.25) is 12.3 Å². The molecule has 0 radical (unpaired) electrons. The van der Waals surface area contributed by atoms with Crippen LogP contribution in [-0.4, -0.2) is 83.0 Å². The predicted molar refractivity (Wildman–Crippen MR) is 120 cm³/mol. The van der Waals surface area contributed by atoms with Crippen LogP contribution in [0, 0.1) is 11.3 Å². The Balaban J connectivity index is 0.00000130. The fourth-order valence-electron chi connectivity index (χ4n) is 7.32. The minimum Gasteiger partial charge on any atom is -1.00 e. The van der Waals surface area contributed by atoms with Gasteiger partial charge in [0.05, 0.1) is 38.8 Å². The smallest absolute Gasteiger partial charge is 0.215 e. The highest BCUT2D eigenvalue weighted by Crippen LogP contribution is 2.45. The maximum Gasteiger partial charge on any atom is 0.215 e. The molecule has 4 fully saturated rings. The lowest BCUT2D eigenvalue weighted by atomic mass is 9.97. The standard InChI is InChI=1S/C26H33N5.2BrH/c27-18-24-21-31(20-23-10-5-2-6-11-23)16-13-28-12-7-15-30(19-22-8-3-1-4-9-22)17-14-29(24)26(31)25(28)30;;/h1-6,8-11,24-26H,7,12-17,19-21H2;2*1H/q+2;;/p-2/t24-,25+,26+,30?,31?;;/m0../s1. The van der Waals surface area contributed by atoms with Gasteiger partial charge < -0.3 is 34.0 Å². The van der Waals surface area contributed by atoms with E-state index in [4.69, 9.17) is 0 Å². The Morgan fingerprint density at radius 3 is 2.00 bits per heavy atom. The van der Waals surface area contributed by atoms with E-state index in [0.29, 0.717) is 12.3 Å². The zero-order valence-corrected chi connectivity index (χ0v) is 22.2. The lowest BCUT2D eigenvalue weighted by Crippen LogP contribution is -3.00. The first-order valence-corrected chi connectivity index (χ1v) is 11.9. The topological polar surface area (TPSA) is 30.3 Å². The van der Waals surface area contributed by atoms with Crippen molar-refractivity contribution in [1.82, 2.24) is 9.80 Å². The highest BCUT2D eigenvalue weighted by Gasteiger charge is 2.68. The van der Waals surface area contributed by atoms with Gasteiger partial charge >= 0.3 is 0 Å². The van der Waals surface area contributed by atoms with Crippen LogP contribution in [0.25, 0.3) is 0 Å². The van der Waals surface area contributed by atoms with Crippen molar-refractivity contribution in [2.24, 2.45) is 0 Å². The normalized spacial score (nSPS) is 34.9. The van der Waals surface area contributed by atoms with Crippen molar-refractivity contribution in [3.8, 4) is 6.07 Å². The molecule has 176 valence electrons. The molecule has 7 heteroatoms. The van der Waals surface area contributed by atoms with E-state index in [1.54, 1.807) is 0 Å². The summed E-state index contributed by atoms with van der Waals surface area (Å²) in [6.45, 7) is 10.2. The van der Waals surface area contributed by atoms with Gasteiger partial charge in [0.25, 0.3) is 0 Å². The first-order valence-electron chi connectivity index (χ1n) is 11.9. The number of hydrogen-bond acceptors (Lipinski definition) is 3. The predicted octanol–water partition coefficient (Wildman–Crippen LogP) is -3.38. The largest absolute Gasteiger partial charge is 1.00 e. The third kappa shape index (κ3) is 4.09. The second-order valence-electron chi connectivity index (χ2n) is 10.2. The molecule has 2 aromatic rings. The Hall–Kier alpha value is -1.27. The highest BCUT2D eigenvalue weighted by molar-refractivity contribution is 5.16. The Kier molecular flexibility index (Phi) is 7.35. The van der Waals surface area contributed by atoms with Crippen molar-refractivity contribution >= 4 is 0 Å². The molecular weight excluding hydrogens is 542 g/mol. The van der Waals surface area contributed by atoms with Crippen molar-refractivity contribution in [1.29, 1.82) is 5.26 Å². The Bertz CT molecular complexity index is 983. The summed E-state index contributed by atoms with van der Waals surface area (Å²) in [5, 5.41) is 10.1. The van der Waals surface area contributed by atoms with Gasteiger partial charge in [0, 0.05) is 24.1 Å². The molecule has 33 heavy (non-hydrogen) atoms. The molecule has 4 aliphatic heterocycles.